The number of methoxy groups -OCH3 is 1. The predicted octanol–water partition coefficient (Wildman–Crippen LogP) is 1.85. The molecule has 2 rings (SSSR count). The smallest absolute Gasteiger partial charge is 0.235 e. The molecular formula is C15H16N2O3. The molecule has 0 saturated carbocycles. The average molecular weight is 272 g/mol. The molecule has 0 radical (unpaired) electrons. The van der Waals surface area contributed by atoms with E-state index < -0.39 is 5.41 Å². The van der Waals surface area contributed by atoms with Crippen LogP contribution in [0.4, 0.5) is 0 Å². The van der Waals surface area contributed by atoms with Crippen LogP contribution in [-0.4, -0.2) is 23.8 Å². The van der Waals surface area contributed by atoms with Gasteiger partial charge in [-0.3, -0.25) is 14.5 Å². The third-order valence-corrected chi connectivity index (χ3v) is 3.46. The number of likely N-dealkylation sites (tertiary alicyclic amines) is 1. The normalized spacial score (nSPS) is 17.2. The quantitative estimate of drug-likeness (QED) is 0.787. The van der Waals surface area contributed by atoms with Crippen molar-refractivity contribution in [3.05, 3.63) is 29.3 Å². The number of nitriles is 1. The fraction of sp³-hybridized carbons (Fsp3) is 0.400. The lowest BCUT2D eigenvalue weighted by molar-refractivity contribution is -0.141. The van der Waals surface area contributed by atoms with E-state index in [4.69, 9.17) is 10.00 Å². The maximum absolute atomic E-state index is 12.2. The Balaban J connectivity index is 2.33. The molecule has 1 aromatic rings. The molecule has 2 amide bonds. The highest BCUT2D eigenvalue weighted by Gasteiger charge is 2.44. The van der Waals surface area contributed by atoms with Gasteiger partial charge in [-0.1, -0.05) is 13.8 Å². The third-order valence-electron chi connectivity index (χ3n) is 3.46. The third kappa shape index (κ3) is 2.37. The van der Waals surface area contributed by atoms with Crippen molar-refractivity contribution in [3.8, 4) is 11.8 Å². The summed E-state index contributed by atoms with van der Waals surface area (Å²) < 4.78 is 5.22. The van der Waals surface area contributed by atoms with Gasteiger partial charge in [0.1, 0.15) is 5.75 Å². The highest BCUT2D eigenvalue weighted by molar-refractivity contribution is 6.05. The first-order valence-corrected chi connectivity index (χ1v) is 6.31. The van der Waals surface area contributed by atoms with Crippen LogP contribution >= 0.6 is 0 Å². The fourth-order valence-corrected chi connectivity index (χ4v) is 2.33. The van der Waals surface area contributed by atoms with E-state index >= 15 is 0 Å². The zero-order valence-electron chi connectivity index (χ0n) is 11.8. The average Bonchev–Trinajstić information content (AvgIpc) is 2.60. The van der Waals surface area contributed by atoms with Crippen LogP contribution in [0.2, 0.25) is 0 Å². The monoisotopic (exact) mass is 272 g/mol. The molecule has 1 aliphatic rings. The number of rotatable bonds is 3. The summed E-state index contributed by atoms with van der Waals surface area (Å²) in [6.45, 7) is 3.66. The van der Waals surface area contributed by atoms with E-state index in [2.05, 4.69) is 0 Å². The molecule has 0 aliphatic carbocycles. The van der Waals surface area contributed by atoms with Crippen molar-refractivity contribution in [2.75, 3.05) is 7.11 Å². The first-order chi connectivity index (χ1) is 9.39. The first kappa shape index (κ1) is 14.1. The summed E-state index contributed by atoms with van der Waals surface area (Å²) >= 11 is 0. The molecule has 1 saturated heterocycles. The maximum atomic E-state index is 12.2. The number of hydrogen-bond acceptors (Lipinski definition) is 4. The summed E-state index contributed by atoms with van der Waals surface area (Å²) in [5.41, 5.74) is 0.474. The summed E-state index contributed by atoms with van der Waals surface area (Å²) in [7, 11) is 1.52. The molecule has 1 aliphatic heterocycles. The zero-order valence-corrected chi connectivity index (χ0v) is 11.8. The number of hydrogen-bond donors (Lipinski definition) is 0. The molecule has 5 nitrogen and oxygen atoms in total. The second-order valence-corrected chi connectivity index (χ2v) is 5.48. The van der Waals surface area contributed by atoms with Crippen molar-refractivity contribution >= 4 is 11.8 Å². The minimum absolute atomic E-state index is 0.139. The molecule has 0 spiro atoms. The van der Waals surface area contributed by atoms with Crippen LogP contribution in [-0.2, 0) is 16.1 Å². The van der Waals surface area contributed by atoms with Gasteiger partial charge in [-0.15, -0.1) is 0 Å². The van der Waals surface area contributed by atoms with E-state index in [1.54, 1.807) is 32.0 Å². The first-order valence-electron chi connectivity index (χ1n) is 6.31. The van der Waals surface area contributed by atoms with Crippen molar-refractivity contribution in [3.63, 3.8) is 0 Å². The Morgan fingerprint density at radius 3 is 2.60 bits per heavy atom. The number of nitrogens with zero attached hydrogens (tertiary/aromatic N) is 2. The van der Waals surface area contributed by atoms with Gasteiger partial charge in [0.05, 0.1) is 30.7 Å². The molecule has 0 N–H and O–H groups in total. The van der Waals surface area contributed by atoms with E-state index in [0.717, 1.165) is 0 Å². The van der Waals surface area contributed by atoms with E-state index in [-0.39, 0.29) is 24.8 Å². The van der Waals surface area contributed by atoms with Gasteiger partial charge in [0.15, 0.2) is 0 Å². The lowest BCUT2D eigenvalue weighted by Crippen LogP contribution is -2.32. The van der Waals surface area contributed by atoms with Crippen LogP contribution in [0.3, 0.4) is 0 Å². The summed E-state index contributed by atoms with van der Waals surface area (Å²) in [5.74, 6) is 0.186. The Bertz CT molecular complexity index is 614. The second-order valence-electron chi connectivity index (χ2n) is 5.48. The van der Waals surface area contributed by atoms with Crippen molar-refractivity contribution in [2.24, 2.45) is 5.41 Å². The van der Waals surface area contributed by atoms with Crippen LogP contribution in [0.25, 0.3) is 0 Å². The number of ether oxygens (including phenoxy) is 1. The lowest BCUT2D eigenvalue weighted by atomic mass is 9.92. The molecular weight excluding hydrogens is 256 g/mol. The number of carbonyl (C=O) groups excluding carboxylic acids is 2. The van der Waals surface area contributed by atoms with Gasteiger partial charge in [0.25, 0.3) is 0 Å². The van der Waals surface area contributed by atoms with Crippen molar-refractivity contribution < 1.29 is 14.3 Å². The Hall–Kier alpha value is -2.35. The molecule has 0 bridgehead atoms. The van der Waals surface area contributed by atoms with Gasteiger partial charge in [0.2, 0.25) is 11.8 Å². The molecule has 1 heterocycles. The van der Waals surface area contributed by atoms with Gasteiger partial charge >= 0.3 is 0 Å². The molecule has 1 fully saturated rings. The summed E-state index contributed by atoms with van der Waals surface area (Å²) in [6, 6.07) is 6.99. The van der Waals surface area contributed by atoms with Crippen LogP contribution in [0.1, 0.15) is 31.4 Å². The maximum Gasteiger partial charge on any atom is 0.235 e. The molecule has 20 heavy (non-hydrogen) atoms. The van der Waals surface area contributed by atoms with Gasteiger partial charge in [-0.25, -0.2) is 0 Å². The van der Waals surface area contributed by atoms with Gasteiger partial charge in [-0.2, -0.15) is 5.26 Å². The fourth-order valence-electron chi connectivity index (χ4n) is 2.33. The van der Waals surface area contributed by atoms with Gasteiger partial charge in [0, 0.05) is 12.0 Å². The van der Waals surface area contributed by atoms with Crippen molar-refractivity contribution in [1.29, 1.82) is 5.26 Å². The number of imide groups is 1. The largest absolute Gasteiger partial charge is 0.496 e. The van der Waals surface area contributed by atoms with Crippen LogP contribution in [0.15, 0.2) is 18.2 Å². The minimum atomic E-state index is -0.656. The van der Waals surface area contributed by atoms with E-state index in [1.165, 1.54) is 12.0 Å². The molecule has 0 unspecified atom stereocenters. The Morgan fingerprint density at radius 2 is 2.10 bits per heavy atom. The van der Waals surface area contributed by atoms with Crippen LogP contribution < -0.4 is 4.74 Å². The summed E-state index contributed by atoms with van der Waals surface area (Å²) in [6.07, 6.45) is 0.214. The Morgan fingerprint density at radius 1 is 1.40 bits per heavy atom. The molecule has 104 valence electrons. The van der Waals surface area contributed by atoms with Crippen molar-refractivity contribution in [2.45, 2.75) is 26.8 Å². The molecule has 0 aromatic heterocycles. The predicted molar refractivity (Wildman–Crippen MR) is 71.7 cm³/mol. The summed E-state index contributed by atoms with van der Waals surface area (Å²) in [4.78, 5) is 25.4. The van der Waals surface area contributed by atoms with E-state index in [9.17, 15) is 9.59 Å². The molecule has 5 heteroatoms. The van der Waals surface area contributed by atoms with Gasteiger partial charge < -0.3 is 4.74 Å². The second kappa shape index (κ2) is 4.97. The highest BCUT2D eigenvalue weighted by Crippen LogP contribution is 2.33. The summed E-state index contributed by atoms with van der Waals surface area (Å²) in [5, 5.41) is 8.94. The van der Waals surface area contributed by atoms with Gasteiger partial charge in [-0.05, 0) is 18.2 Å². The van der Waals surface area contributed by atoms with E-state index in [1.807, 2.05) is 6.07 Å². The molecule has 0 atom stereocenters. The van der Waals surface area contributed by atoms with Crippen molar-refractivity contribution in [1.82, 2.24) is 4.90 Å². The van der Waals surface area contributed by atoms with Crippen LogP contribution in [0.5, 0.6) is 5.75 Å². The number of benzene rings is 1. The van der Waals surface area contributed by atoms with Crippen LogP contribution in [0, 0.1) is 16.7 Å². The molecule has 1 aromatic carbocycles. The SMILES string of the molecule is COc1ccc(C#N)cc1CN1C(=O)CC(C)(C)C1=O. The standard InChI is InChI=1S/C15H16N2O3/c1-15(2)7-13(18)17(14(15)19)9-11-6-10(8-16)4-5-12(11)20-3/h4-6H,7,9H2,1-3H3. The number of amides is 2. The lowest BCUT2D eigenvalue weighted by Gasteiger charge is -2.19. The Kier molecular flexibility index (Phi) is 3.49. The number of carbonyl (C=O) groups is 2. The highest BCUT2D eigenvalue weighted by atomic mass is 16.5. The van der Waals surface area contributed by atoms with E-state index in [0.29, 0.717) is 16.9 Å². The zero-order chi connectivity index (χ0) is 14.9. The minimum Gasteiger partial charge on any atom is -0.496 e. The Labute approximate surface area is 117 Å². The topological polar surface area (TPSA) is 70.4 Å².